The predicted octanol–water partition coefficient (Wildman–Crippen LogP) is 5.16. The third-order valence-electron chi connectivity index (χ3n) is 4.04. The number of hydrogen-bond acceptors (Lipinski definition) is 2. The van der Waals surface area contributed by atoms with Crippen molar-refractivity contribution in [3.63, 3.8) is 0 Å². The maximum atomic E-state index is 13.9. The Kier molecular flexibility index (Phi) is 4.52. The number of pyridine rings is 1. The fraction of sp³-hybridized carbons (Fsp3) is 0.263. The van der Waals surface area contributed by atoms with Crippen molar-refractivity contribution in [3.8, 4) is 11.1 Å². The van der Waals surface area contributed by atoms with E-state index < -0.39 is 11.8 Å². The second-order valence-electron chi connectivity index (χ2n) is 6.55. The zero-order valence-electron chi connectivity index (χ0n) is 14.2. The van der Waals surface area contributed by atoms with Crippen LogP contribution in [-0.2, 0) is 6.54 Å². The Morgan fingerprint density at radius 1 is 1.36 bits per heavy atom. The summed E-state index contributed by atoms with van der Waals surface area (Å²) < 4.78 is 15.9. The first-order valence-corrected chi connectivity index (χ1v) is 8.35. The van der Waals surface area contributed by atoms with E-state index in [0.29, 0.717) is 23.7 Å². The number of carboxylic acids is 1. The number of nitrogens with zero attached hydrogens (tertiary/aromatic N) is 2. The van der Waals surface area contributed by atoms with Crippen molar-refractivity contribution in [3.05, 3.63) is 52.6 Å². The van der Waals surface area contributed by atoms with Gasteiger partial charge in [-0.1, -0.05) is 31.5 Å². The molecule has 0 atom stereocenters. The van der Waals surface area contributed by atoms with E-state index in [9.17, 15) is 14.3 Å². The third-order valence-corrected chi connectivity index (χ3v) is 4.34. The molecular weight excluding hydrogens is 343 g/mol. The number of aromatic nitrogens is 2. The minimum absolute atomic E-state index is 0.00180. The van der Waals surface area contributed by atoms with Gasteiger partial charge in [-0.25, -0.2) is 14.2 Å². The Bertz CT molecular complexity index is 979. The van der Waals surface area contributed by atoms with E-state index in [0.717, 1.165) is 16.5 Å². The highest BCUT2D eigenvalue weighted by Crippen LogP contribution is 2.34. The summed E-state index contributed by atoms with van der Waals surface area (Å²) in [6.07, 6.45) is 1.90. The number of aromatic carboxylic acids is 1. The summed E-state index contributed by atoms with van der Waals surface area (Å²) in [4.78, 5) is 15.7. The second-order valence-corrected chi connectivity index (χ2v) is 6.95. The smallest absolute Gasteiger partial charge is 0.354 e. The van der Waals surface area contributed by atoms with E-state index >= 15 is 0 Å². The first-order chi connectivity index (χ1) is 11.8. The van der Waals surface area contributed by atoms with Gasteiger partial charge in [-0.05, 0) is 42.2 Å². The van der Waals surface area contributed by atoms with Gasteiger partial charge in [-0.3, -0.25) is 0 Å². The van der Waals surface area contributed by atoms with Crippen molar-refractivity contribution in [2.24, 2.45) is 5.92 Å². The summed E-state index contributed by atoms with van der Waals surface area (Å²) in [5.41, 5.74) is 2.88. The van der Waals surface area contributed by atoms with Crippen LogP contribution in [-0.4, -0.2) is 20.6 Å². The lowest BCUT2D eigenvalue weighted by molar-refractivity contribution is 0.0690. The lowest BCUT2D eigenvalue weighted by Crippen LogP contribution is -2.07. The van der Waals surface area contributed by atoms with Crippen molar-refractivity contribution >= 4 is 28.6 Å². The van der Waals surface area contributed by atoms with Gasteiger partial charge in [0.2, 0.25) is 0 Å². The minimum atomic E-state index is -1.07. The second kappa shape index (κ2) is 6.48. The average molecular weight is 361 g/mol. The molecule has 130 valence electrons. The van der Waals surface area contributed by atoms with Gasteiger partial charge in [0.05, 0.1) is 5.02 Å². The molecule has 0 fully saturated rings. The highest BCUT2D eigenvalue weighted by atomic mass is 35.5. The lowest BCUT2D eigenvalue weighted by atomic mass is 10.0. The lowest BCUT2D eigenvalue weighted by Gasteiger charge is -2.08. The van der Waals surface area contributed by atoms with E-state index in [1.54, 1.807) is 12.1 Å². The van der Waals surface area contributed by atoms with Gasteiger partial charge < -0.3 is 9.67 Å². The molecule has 0 amide bonds. The van der Waals surface area contributed by atoms with Crippen LogP contribution in [0.25, 0.3) is 22.2 Å². The van der Waals surface area contributed by atoms with Crippen molar-refractivity contribution < 1.29 is 14.3 Å². The molecule has 3 aromatic rings. The summed E-state index contributed by atoms with van der Waals surface area (Å²) >= 11 is 5.79. The molecule has 0 aliphatic heterocycles. The zero-order chi connectivity index (χ0) is 18.3. The maximum Gasteiger partial charge on any atom is 0.354 e. The van der Waals surface area contributed by atoms with Crippen LogP contribution in [0.5, 0.6) is 0 Å². The Labute approximate surface area is 149 Å². The van der Waals surface area contributed by atoms with Crippen molar-refractivity contribution in [2.45, 2.75) is 27.3 Å². The molecule has 6 heteroatoms. The highest BCUT2D eigenvalue weighted by molar-refractivity contribution is 6.30. The normalized spacial score (nSPS) is 11.4. The van der Waals surface area contributed by atoms with Crippen molar-refractivity contribution in [1.82, 2.24) is 9.55 Å². The molecule has 4 nitrogen and oxygen atoms in total. The summed E-state index contributed by atoms with van der Waals surface area (Å²) in [5, 5.41) is 10.2. The zero-order valence-corrected chi connectivity index (χ0v) is 14.9. The number of benzene rings is 1. The standard InChI is InChI=1S/C19H18ClFN2O2/c1-10(2)8-23-9-13(12-4-5-14(20)15(21)7-12)17-11(3)6-16(19(24)25)22-18(17)23/h4-7,9-10H,8H2,1-3H3,(H,24,25). The van der Waals surface area contributed by atoms with Crippen molar-refractivity contribution in [1.29, 1.82) is 0 Å². The number of hydrogen-bond donors (Lipinski definition) is 1. The molecule has 0 bridgehead atoms. The van der Waals surface area contributed by atoms with Crippen LogP contribution in [0, 0.1) is 18.7 Å². The van der Waals surface area contributed by atoms with E-state index in [1.807, 2.05) is 17.7 Å². The predicted molar refractivity (Wildman–Crippen MR) is 96.7 cm³/mol. The first kappa shape index (κ1) is 17.4. The molecular formula is C19H18ClFN2O2. The monoisotopic (exact) mass is 360 g/mol. The topological polar surface area (TPSA) is 55.1 Å². The van der Waals surface area contributed by atoms with Gasteiger partial charge in [0, 0.05) is 23.7 Å². The van der Waals surface area contributed by atoms with E-state index in [2.05, 4.69) is 18.8 Å². The van der Waals surface area contributed by atoms with Crippen molar-refractivity contribution in [2.75, 3.05) is 0 Å². The van der Waals surface area contributed by atoms with E-state index in [-0.39, 0.29) is 10.7 Å². The van der Waals surface area contributed by atoms with Crippen LogP contribution >= 0.6 is 11.6 Å². The van der Waals surface area contributed by atoms with Crippen LogP contribution in [0.2, 0.25) is 5.02 Å². The number of fused-ring (bicyclic) bond motifs is 1. The van der Waals surface area contributed by atoms with Crippen LogP contribution in [0.15, 0.2) is 30.5 Å². The molecule has 1 aromatic carbocycles. The fourth-order valence-corrected chi connectivity index (χ4v) is 3.12. The Morgan fingerprint density at radius 3 is 2.68 bits per heavy atom. The Balaban J connectivity index is 2.31. The van der Waals surface area contributed by atoms with Crippen LogP contribution in [0.3, 0.4) is 0 Å². The average Bonchev–Trinajstić information content (AvgIpc) is 2.88. The largest absolute Gasteiger partial charge is 0.477 e. The molecule has 3 rings (SSSR count). The number of carboxylic acid groups (broad SMARTS) is 1. The molecule has 0 spiro atoms. The molecule has 0 saturated carbocycles. The van der Waals surface area contributed by atoms with Gasteiger partial charge in [0.25, 0.3) is 0 Å². The SMILES string of the molecule is Cc1cc(C(=O)O)nc2c1c(-c1ccc(Cl)c(F)c1)cn2CC(C)C. The van der Waals surface area contributed by atoms with Crippen LogP contribution in [0.1, 0.15) is 29.9 Å². The number of halogens is 2. The Hall–Kier alpha value is -2.40. The maximum absolute atomic E-state index is 13.9. The Morgan fingerprint density at radius 2 is 2.08 bits per heavy atom. The molecule has 0 aliphatic carbocycles. The molecule has 25 heavy (non-hydrogen) atoms. The molecule has 2 aromatic heterocycles. The molecule has 0 unspecified atom stereocenters. The van der Waals surface area contributed by atoms with Crippen LogP contribution in [0.4, 0.5) is 4.39 Å². The number of carbonyl (C=O) groups is 1. The van der Waals surface area contributed by atoms with E-state index in [1.165, 1.54) is 12.1 Å². The van der Waals surface area contributed by atoms with Gasteiger partial charge in [-0.15, -0.1) is 0 Å². The molecule has 0 saturated heterocycles. The van der Waals surface area contributed by atoms with E-state index in [4.69, 9.17) is 11.6 Å². The summed E-state index contributed by atoms with van der Waals surface area (Å²) in [6, 6.07) is 6.21. The number of aryl methyl sites for hydroxylation is 1. The molecule has 2 heterocycles. The van der Waals surface area contributed by atoms with Crippen LogP contribution < -0.4 is 0 Å². The molecule has 0 radical (unpaired) electrons. The van der Waals surface area contributed by atoms with Gasteiger partial charge in [0.15, 0.2) is 5.69 Å². The first-order valence-electron chi connectivity index (χ1n) is 7.97. The summed E-state index contributed by atoms with van der Waals surface area (Å²) in [7, 11) is 0. The van der Waals surface area contributed by atoms with Gasteiger partial charge >= 0.3 is 5.97 Å². The third kappa shape index (κ3) is 3.24. The van der Waals surface area contributed by atoms with Gasteiger partial charge in [0.1, 0.15) is 11.5 Å². The summed E-state index contributed by atoms with van der Waals surface area (Å²) in [5.74, 6) is -1.21. The molecule has 1 N–H and O–H groups in total. The number of rotatable bonds is 4. The highest BCUT2D eigenvalue weighted by Gasteiger charge is 2.18. The molecule has 0 aliphatic rings. The minimum Gasteiger partial charge on any atom is -0.477 e. The van der Waals surface area contributed by atoms with Gasteiger partial charge in [-0.2, -0.15) is 0 Å². The quantitative estimate of drug-likeness (QED) is 0.699. The summed E-state index contributed by atoms with van der Waals surface area (Å²) in [6.45, 7) is 6.66. The fourth-order valence-electron chi connectivity index (χ4n) is 3.00.